The quantitative estimate of drug-likeness (QED) is 0.239. The van der Waals surface area contributed by atoms with E-state index in [1.807, 2.05) is 0 Å². The first kappa shape index (κ1) is 8.79. The summed E-state index contributed by atoms with van der Waals surface area (Å²) in [6, 6.07) is 0. The highest BCUT2D eigenvalue weighted by Gasteiger charge is 2.41. The van der Waals surface area contributed by atoms with Gasteiger partial charge in [0.05, 0.1) is 6.54 Å². The van der Waals surface area contributed by atoms with Crippen LogP contribution in [-0.2, 0) is 9.53 Å². The maximum absolute atomic E-state index is 10.6. The van der Waals surface area contributed by atoms with Crippen LogP contribution in [0.5, 0.6) is 0 Å². The van der Waals surface area contributed by atoms with E-state index in [-0.39, 0.29) is 6.54 Å². The standard InChI is InChI=1S/C5H7N3O4/c6-8-7-1-2-3(9)4(10)5(11)12-2/h2-4,9-10H,1H2. The Labute approximate surface area is 67.2 Å². The third kappa shape index (κ3) is 1.48. The first-order valence-electron chi connectivity index (χ1n) is 3.24. The lowest BCUT2D eigenvalue weighted by molar-refractivity contribution is -0.147. The predicted molar refractivity (Wildman–Crippen MR) is 35.9 cm³/mol. The van der Waals surface area contributed by atoms with Crippen LogP contribution in [0.3, 0.4) is 0 Å². The lowest BCUT2D eigenvalue weighted by Gasteiger charge is -2.08. The molecular weight excluding hydrogens is 166 g/mol. The lowest BCUT2D eigenvalue weighted by atomic mass is 10.1. The van der Waals surface area contributed by atoms with E-state index in [2.05, 4.69) is 14.8 Å². The number of aliphatic hydroxyl groups is 2. The van der Waals surface area contributed by atoms with E-state index < -0.39 is 24.3 Å². The summed E-state index contributed by atoms with van der Waals surface area (Å²) in [5.41, 5.74) is 7.92. The van der Waals surface area contributed by atoms with Crippen LogP contribution < -0.4 is 0 Å². The first-order chi connectivity index (χ1) is 5.66. The molecule has 0 spiro atoms. The molecular formula is C5H7N3O4. The molecule has 1 fully saturated rings. The summed E-state index contributed by atoms with van der Waals surface area (Å²) in [6.45, 7) is -0.166. The predicted octanol–water partition coefficient (Wildman–Crippen LogP) is -1.06. The van der Waals surface area contributed by atoms with Crippen molar-refractivity contribution >= 4 is 5.97 Å². The molecule has 1 saturated heterocycles. The second-order valence-electron chi connectivity index (χ2n) is 2.32. The van der Waals surface area contributed by atoms with Gasteiger partial charge in [0.2, 0.25) is 0 Å². The summed E-state index contributed by atoms with van der Waals surface area (Å²) < 4.78 is 4.48. The van der Waals surface area contributed by atoms with Gasteiger partial charge in [0, 0.05) is 4.91 Å². The number of nitrogens with zero attached hydrogens (tertiary/aromatic N) is 3. The average Bonchev–Trinajstić information content (AvgIpc) is 2.30. The molecule has 7 nitrogen and oxygen atoms in total. The number of hydrogen-bond donors (Lipinski definition) is 2. The maximum Gasteiger partial charge on any atom is 0.338 e. The lowest BCUT2D eigenvalue weighted by Crippen LogP contribution is -2.32. The van der Waals surface area contributed by atoms with Crippen molar-refractivity contribution in [2.24, 2.45) is 5.11 Å². The van der Waals surface area contributed by atoms with Crippen molar-refractivity contribution in [1.82, 2.24) is 0 Å². The minimum absolute atomic E-state index is 0.166. The Morgan fingerprint density at radius 2 is 2.33 bits per heavy atom. The van der Waals surface area contributed by atoms with E-state index in [0.717, 1.165) is 0 Å². The molecule has 66 valence electrons. The number of azide groups is 1. The van der Waals surface area contributed by atoms with Crippen LogP contribution in [-0.4, -0.2) is 41.0 Å². The summed E-state index contributed by atoms with van der Waals surface area (Å²) in [4.78, 5) is 13.0. The molecule has 0 radical (unpaired) electrons. The fourth-order valence-electron chi connectivity index (χ4n) is 0.894. The van der Waals surface area contributed by atoms with Gasteiger partial charge in [0.15, 0.2) is 6.10 Å². The van der Waals surface area contributed by atoms with Gasteiger partial charge in [-0.1, -0.05) is 5.11 Å². The number of carbonyl (C=O) groups excluding carboxylic acids is 1. The molecule has 2 N–H and O–H groups in total. The van der Waals surface area contributed by atoms with Gasteiger partial charge in [-0.15, -0.1) is 0 Å². The minimum atomic E-state index is -1.52. The number of aliphatic hydroxyl groups excluding tert-OH is 2. The molecule has 0 aromatic rings. The molecule has 1 heterocycles. The van der Waals surface area contributed by atoms with Crippen LogP contribution in [0.4, 0.5) is 0 Å². The summed E-state index contributed by atoms with van der Waals surface area (Å²) in [5.74, 6) is -0.888. The Kier molecular flexibility index (Phi) is 2.49. The van der Waals surface area contributed by atoms with Gasteiger partial charge in [0.1, 0.15) is 12.2 Å². The van der Waals surface area contributed by atoms with Crippen molar-refractivity contribution in [3.8, 4) is 0 Å². The molecule has 0 aromatic heterocycles. The second kappa shape index (κ2) is 3.40. The van der Waals surface area contributed by atoms with Crippen molar-refractivity contribution in [3.63, 3.8) is 0 Å². The summed E-state index contributed by atoms with van der Waals surface area (Å²) in [6.07, 6.45) is -3.75. The number of hydrogen-bond acceptors (Lipinski definition) is 5. The molecule has 0 bridgehead atoms. The zero-order valence-corrected chi connectivity index (χ0v) is 5.99. The van der Waals surface area contributed by atoms with E-state index in [1.165, 1.54) is 0 Å². The van der Waals surface area contributed by atoms with Gasteiger partial charge >= 0.3 is 5.97 Å². The molecule has 0 aliphatic carbocycles. The highest BCUT2D eigenvalue weighted by atomic mass is 16.6. The first-order valence-corrected chi connectivity index (χ1v) is 3.24. The van der Waals surface area contributed by atoms with Gasteiger partial charge in [-0.3, -0.25) is 0 Å². The van der Waals surface area contributed by atoms with Gasteiger partial charge in [-0.2, -0.15) is 0 Å². The molecule has 12 heavy (non-hydrogen) atoms. The fourth-order valence-corrected chi connectivity index (χ4v) is 0.894. The number of carbonyl (C=O) groups is 1. The zero-order valence-electron chi connectivity index (χ0n) is 5.99. The summed E-state index contributed by atoms with van der Waals surface area (Å²) >= 11 is 0. The van der Waals surface area contributed by atoms with Gasteiger partial charge < -0.3 is 14.9 Å². The summed E-state index contributed by atoms with van der Waals surface area (Å²) in [5, 5.41) is 21.1. The SMILES string of the molecule is [N-]=[N+]=NCC1OC(=O)C(O)C1O. The molecule has 1 aliphatic rings. The monoisotopic (exact) mass is 173 g/mol. The molecule has 0 amide bonds. The molecule has 1 aliphatic heterocycles. The van der Waals surface area contributed by atoms with Crippen molar-refractivity contribution < 1.29 is 19.7 Å². The Hall–Kier alpha value is -1.30. The van der Waals surface area contributed by atoms with Gasteiger partial charge in [-0.25, -0.2) is 4.79 Å². The third-order valence-corrected chi connectivity index (χ3v) is 1.54. The van der Waals surface area contributed by atoms with Crippen LogP contribution in [0, 0.1) is 0 Å². The van der Waals surface area contributed by atoms with E-state index in [0.29, 0.717) is 0 Å². The van der Waals surface area contributed by atoms with Crippen molar-refractivity contribution in [1.29, 1.82) is 0 Å². The zero-order chi connectivity index (χ0) is 9.14. The van der Waals surface area contributed by atoms with Crippen molar-refractivity contribution in [3.05, 3.63) is 10.4 Å². The van der Waals surface area contributed by atoms with E-state index in [1.54, 1.807) is 0 Å². The second-order valence-corrected chi connectivity index (χ2v) is 2.32. The third-order valence-electron chi connectivity index (χ3n) is 1.54. The number of rotatable bonds is 2. The van der Waals surface area contributed by atoms with E-state index in [9.17, 15) is 4.79 Å². The number of esters is 1. The average molecular weight is 173 g/mol. The molecule has 3 atom stereocenters. The highest BCUT2D eigenvalue weighted by Crippen LogP contribution is 2.15. The smallest absolute Gasteiger partial charge is 0.338 e. The molecule has 0 aromatic carbocycles. The summed E-state index contributed by atoms with van der Waals surface area (Å²) in [7, 11) is 0. The minimum Gasteiger partial charge on any atom is -0.457 e. The Morgan fingerprint density at radius 3 is 2.75 bits per heavy atom. The van der Waals surface area contributed by atoms with Crippen LogP contribution in [0.15, 0.2) is 5.11 Å². The Bertz CT molecular complexity index is 235. The molecule has 1 rings (SSSR count). The van der Waals surface area contributed by atoms with Gasteiger partial charge in [0.25, 0.3) is 0 Å². The van der Waals surface area contributed by atoms with Crippen molar-refractivity contribution in [2.45, 2.75) is 18.3 Å². The highest BCUT2D eigenvalue weighted by molar-refractivity contribution is 5.77. The van der Waals surface area contributed by atoms with Crippen LogP contribution in [0.1, 0.15) is 0 Å². The van der Waals surface area contributed by atoms with Crippen LogP contribution in [0.2, 0.25) is 0 Å². The van der Waals surface area contributed by atoms with Crippen LogP contribution >= 0.6 is 0 Å². The topological polar surface area (TPSA) is 116 Å². The normalized spacial score (nSPS) is 34.2. The molecule has 3 unspecified atom stereocenters. The van der Waals surface area contributed by atoms with E-state index in [4.69, 9.17) is 15.7 Å². The van der Waals surface area contributed by atoms with Crippen molar-refractivity contribution in [2.75, 3.05) is 6.54 Å². The van der Waals surface area contributed by atoms with E-state index >= 15 is 0 Å². The van der Waals surface area contributed by atoms with Gasteiger partial charge in [-0.05, 0) is 5.53 Å². The fraction of sp³-hybridized carbons (Fsp3) is 0.800. The number of cyclic esters (lactones) is 1. The molecule has 0 saturated carbocycles. The largest absolute Gasteiger partial charge is 0.457 e. The Balaban J connectivity index is 2.58. The van der Waals surface area contributed by atoms with Crippen LogP contribution in [0.25, 0.3) is 10.4 Å². The maximum atomic E-state index is 10.6. The Morgan fingerprint density at radius 1 is 1.67 bits per heavy atom. The molecule has 7 heteroatoms. The number of ether oxygens (including phenoxy) is 1.